The molecule has 1 N–H and O–H groups in total. The highest BCUT2D eigenvalue weighted by Gasteiger charge is 2.45. The summed E-state index contributed by atoms with van der Waals surface area (Å²) >= 11 is 0. The standard InChI is InChI=1S/C13H23NO3/c1-5-17-8-13(4)7-11(15)14-12(16)10(13)6-9(2)3/h9-10H,5-8H2,1-4H3,(H,14,15,16). The number of hydrogen-bond donors (Lipinski definition) is 1. The molecular formula is C13H23NO3. The number of carbonyl (C=O) groups is 2. The van der Waals surface area contributed by atoms with E-state index >= 15 is 0 Å². The molecule has 2 atom stereocenters. The van der Waals surface area contributed by atoms with Crippen LogP contribution in [0.1, 0.15) is 40.5 Å². The van der Waals surface area contributed by atoms with Gasteiger partial charge in [0.2, 0.25) is 11.8 Å². The third kappa shape index (κ3) is 3.53. The first kappa shape index (κ1) is 14.2. The highest BCUT2D eigenvalue weighted by molar-refractivity contribution is 5.99. The summed E-state index contributed by atoms with van der Waals surface area (Å²) in [7, 11) is 0. The van der Waals surface area contributed by atoms with Gasteiger partial charge >= 0.3 is 0 Å². The first-order valence-corrected chi connectivity index (χ1v) is 6.30. The summed E-state index contributed by atoms with van der Waals surface area (Å²) in [6.07, 6.45) is 1.17. The van der Waals surface area contributed by atoms with Gasteiger partial charge in [0.1, 0.15) is 0 Å². The van der Waals surface area contributed by atoms with Crippen molar-refractivity contribution in [3.63, 3.8) is 0 Å². The van der Waals surface area contributed by atoms with Gasteiger partial charge in [-0.3, -0.25) is 14.9 Å². The van der Waals surface area contributed by atoms with Crippen LogP contribution in [-0.4, -0.2) is 25.0 Å². The van der Waals surface area contributed by atoms with Gasteiger partial charge in [-0.05, 0) is 19.3 Å². The SMILES string of the molecule is CCOCC1(C)CC(=O)NC(=O)C1CC(C)C. The van der Waals surface area contributed by atoms with E-state index in [-0.39, 0.29) is 23.1 Å². The maximum atomic E-state index is 11.9. The topological polar surface area (TPSA) is 55.4 Å². The smallest absolute Gasteiger partial charge is 0.230 e. The molecule has 0 aromatic carbocycles. The molecule has 2 unspecified atom stereocenters. The zero-order chi connectivity index (χ0) is 13.1. The van der Waals surface area contributed by atoms with Crippen LogP contribution in [0.5, 0.6) is 0 Å². The van der Waals surface area contributed by atoms with Crippen LogP contribution in [0, 0.1) is 17.3 Å². The average molecular weight is 241 g/mol. The Hall–Kier alpha value is -0.900. The maximum Gasteiger partial charge on any atom is 0.230 e. The molecule has 1 fully saturated rings. The second kappa shape index (κ2) is 5.63. The molecule has 0 bridgehead atoms. The molecule has 98 valence electrons. The van der Waals surface area contributed by atoms with E-state index in [4.69, 9.17) is 4.74 Å². The lowest BCUT2D eigenvalue weighted by molar-refractivity contribution is -0.147. The predicted octanol–water partition coefficient (Wildman–Crippen LogP) is 1.74. The minimum Gasteiger partial charge on any atom is -0.381 e. The van der Waals surface area contributed by atoms with E-state index in [0.717, 1.165) is 6.42 Å². The second-order valence-electron chi connectivity index (χ2n) is 5.56. The van der Waals surface area contributed by atoms with Gasteiger partial charge in [-0.25, -0.2) is 0 Å². The number of hydrogen-bond acceptors (Lipinski definition) is 3. The largest absolute Gasteiger partial charge is 0.381 e. The lowest BCUT2D eigenvalue weighted by Gasteiger charge is -2.40. The van der Waals surface area contributed by atoms with Crippen molar-refractivity contribution >= 4 is 11.8 Å². The van der Waals surface area contributed by atoms with Gasteiger partial charge in [-0.2, -0.15) is 0 Å². The second-order valence-corrected chi connectivity index (χ2v) is 5.56. The summed E-state index contributed by atoms with van der Waals surface area (Å²) in [6.45, 7) is 9.16. The van der Waals surface area contributed by atoms with Crippen molar-refractivity contribution in [2.75, 3.05) is 13.2 Å². The predicted molar refractivity (Wildman–Crippen MR) is 65.3 cm³/mol. The number of rotatable bonds is 5. The van der Waals surface area contributed by atoms with E-state index in [9.17, 15) is 9.59 Å². The van der Waals surface area contributed by atoms with Gasteiger partial charge in [-0.15, -0.1) is 0 Å². The Morgan fingerprint density at radius 1 is 1.47 bits per heavy atom. The van der Waals surface area contributed by atoms with Crippen LogP contribution in [0.25, 0.3) is 0 Å². The van der Waals surface area contributed by atoms with Gasteiger partial charge in [-0.1, -0.05) is 20.8 Å². The molecule has 1 aliphatic heterocycles. The van der Waals surface area contributed by atoms with E-state index in [1.807, 2.05) is 13.8 Å². The molecule has 1 rings (SSSR count). The van der Waals surface area contributed by atoms with Crippen molar-refractivity contribution in [2.24, 2.45) is 17.3 Å². The number of imide groups is 1. The molecule has 0 aromatic heterocycles. The van der Waals surface area contributed by atoms with Crippen LogP contribution in [-0.2, 0) is 14.3 Å². The van der Waals surface area contributed by atoms with Gasteiger partial charge in [0.25, 0.3) is 0 Å². The lowest BCUT2D eigenvalue weighted by atomic mass is 9.69. The van der Waals surface area contributed by atoms with Crippen LogP contribution < -0.4 is 5.32 Å². The maximum absolute atomic E-state index is 11.9. The molecule has 0 aromatic rings. The summed E-state index contributed by atoms with van der Waals surface area (Å²) in [4.78, 5) is 23.4. The molecule has 4 heteroatoms. The van der Waals surface area contributed by atoms with Crippen molar-refractivity contribution in [1.82, 2.24) is 5.32 Å². The van der Waals surface area contributed by atoms with Crippen molar-refractivity contribution in [3.8, 4) is 0 Å². The zero-order valence-corrected chi connectivity index (χ0v) is 11.2. The summed E-state index contributed by atoms with van der Waals surface area (Å²) < 4.78 is 5.45. The Kier molecular flexibility index (Phi) is 4.69. The van der Waals surface area contributed by atoms with Gasteiger partial charge in [0.05, 0.1) is 6.61 Å². The van der Waals surface area contributed by atoms with E-state index < -0.39 is 0 Å². The van der Waals surface area contributed by atoms with Crippen LogP contribution >= 0.6 is 0 Å². The average Bonchev–Trinajstić information content (AvgIpc) is 2.20. The highest BCUT2D eigenvalue weighted by atomic mass is 16.5. The van der Waals surface area contributed by atoms with Crippen LogP contribution in [0.4, 0.5) is 0 Å². The van der Waals surface area contributed by atoms with Crippen LogP contribution in [0.2, 0.25) is 0 Å². The zero-order valence-electron chi connectivity index (χ0n) is 11.2. The summed E-state index contributed by atoms with van der Waals surface area (Å²) in [5, 5.41) is 2.43. The van der Waals surface area contributed by atoms with E-state index in [2.05, 4.69) is 19.2 Å². The minimum absolute atomic E-state index is 0.133. The van der Waals surface area contributed by atoms with Crippen molar-refractivity contribution in [2.45, 2.75) is 40.5 Å². The molecular weight excluding hydrogens is 218 g/mol. The molecule has 0 saturated carbocycles. The monoisotopic (exact) mass is 241 g/mol. The van der Waals surface area contributed by atoms with Gasteiger partial charge < -0.3 is 4.74 Å². The molecule has 4 nitrogen and oxygen atoms in total. The Bertz CT molecular complexity index is 301. The molecule has 0 radical (unpaired) electrons. The number of amides is 2. The molecule has 1 heterocycles. The molecule has 2 amide bonds. The number of piperidine rings is 1. The normalized spacial score (nSPS) is 29.6. The quantitative estimate of drug-likeness (QED) is 0.746. The fourth-order valence-corrected chi connectivity index (χ4v) is 2.42. The summed E-state index contributed by atoms with van der Waals surface area (Å²) in [5.41, 5.74) is -0.361. The number of nitrogens with one attached hydrogen (secondary N) is 1. The number of carbonyl (C=O) groups excluding carboxylic acids is 2. The van der Waals surface area contributed by atoms with Crippen molar-refractivity contribution < 1.29 is 14.3 Å². The van der Waals surface area contributed by atoms with E-state index in [1.54, 1.807) is 0 Å². The Labute approximate surface area is 103 Å². The molecule has 1 aliphatic rings. The lowest BCUT2D eigenvalue weighted by Crippen LogP contribution is -2.53. The van der Waals surface area contributed by atoms with Gasteiger partial charge in [0, 0.05) is 24.4 Å². The fourth-order valence-electron chi connectivity index (χ4n) is 2.42. The first-order valence-electron chi connectivity index (χ1n) is 6.30. The Morgan fingerprint density at radius 3 is 2.65 bits per heavy atom. The number of ether oxygens (including phenoxy) is 1. The Balaban J connectivity index is 2.84. The Morgan fingerprint density at radius 2 is 2.12 bits per heavy atom. The third-order valence-corrected chi connectivity index (χ3v) is 3.33. The summed E-state index contributed by atoms with van der Waals surface area (Å²) in [6, 6.07) is 0. The van der Waals surface area contributed by atoms with Gasteiger partial charge in [0.15, 0.2) is 0 Å². The molecule has 1 saturated heterocycles. The van der Waals surface area contributed by atoms with E-state index in [0.29, 0.717) is 25.6 Å². The van der Waals surface area contributed by atoms with Crippen molar-refractivity contribution in [3.05, 3.63) is 0 Å². The van der Waals surface area contributed by atoms with E-state index in [1.165, 1.54) is 0 Å². The molecule has 0 aliphatic carbocycles. The van der Waals surface area contributed by atoms with Crippen LogP contribution in [0.15, 0.2) is 0 Å². The molecule has 0 spiro atoms. The van der Waals surface area contributed by atoms with Crippen LogP contribution in [0.3, 0.4) is 0 Å². The summed E-state index contributed by atoms with van der Waals surface area (Å²) in [5.74, 6) is -0.0268. The minimum atomic E-state index is -0.361. The highest BCUT2D eigenvalue weighted by Crippen LogP contribution is 2.38. The fraction of sp³-hybridized carbons (Fsp3) is 0.846. The first-order chi connectivity index (χ1) is 7.89. The molecule has 17 heavy (non-hydrogen) atoms. The third-order valence-electron chi connectivity index (χ3n) is 3.33. The van der Waals surface area contributed by atoms with Crippen molar-refractivity contribution in [1.29, 1.82) is 0 Å².